The third-order valence-electron chi connectivity index (χ3n) is 2.24. The number of rotatable bonds is 7. The summed E-state index contributed by atoms with van der Waals surface area (Å²) in [6, 6.07) is 0.324. The highest BCUT2D eigenvalue weighted by atomic mass is 16.5. The molecule has 0 atom stereocenters. The number of ether oxygens (including phenoxy) is 1. The standard InChI is InChI=1S/C10H19N3O3/c1-13(10(15)7-16-5-4-11)6-9(14)12-8-2-3-8/h8H,2-7,11H2,1H3,(H,12,14). The van der Waals surface area contributed by atoms with Crippen molar-refractivity contribution in [1.29, 1.82) is 0 Å². The van der Waals surface area contributed by atoms with Gasteiger partial charge in [0.05, 0.1) is 13.2 Å². The molecule has 1 rings (SSSR count). The molecule has 0 bridgehead atoms. The number of likely N-dealkylation sites (N-methyl/N-ethyl adjacent to an activating group) is 1. The molecule has 2 amide bonds. The van der Waals surface area contributed by atoms with Gasteiger partial charge in [-0.1, -0.05) is 0 Å². The van der Waals surface area contributed by atoms with Gasteiger partial charge in [-0.25, -0.2) is 0 Å². The molecular weight excluding hydrogens is 210 g/mol. The maximum atomic E-state index is 11.4. The van der Waals surface area contributed by atoms with E-state index in [4.69, 9.17) is 10.5 Å². The molecule has 1 aliphatic carbocycles. The lowest BCUT2D eigenvalue weighted by Crippen LogP contribution is -2.40. The molecule has 1 fully saturated rings. The number of nitrogens with zero attached hydrogens (tertiary/aromatic N) is 1. The molecule has 0 saturated heterocycles. The molecule has 0 spiro atoms. The van der Waals surface area contributed by atoms with Crippen LogP contribution in [0.15, 0.2) is 0 Å². The molecule has 1 saturated carbocycles. The molecule has 6 nitrogen and oxygen atoms in total. The molecule has 0 heterocycles. The van der Waals surface area contributed by atoms with E-state index >= 15 is 0 Å². The summed E-state index contributed by atoms with van der Waals surface area (Å²) >= 11 is 0. The topological polar surface area (TPSA) is 84.7 Å². The lowest BCUT2D eigenvalue weighted by molar-refractivity contribution is -0.138. The molecule has 0 aromatic rings. The Bertz CT molecular complexity index is 254. The fourth-order valence-electron chi connectivity index (χ4n) is 1.16. The van der Waals surface area contributed by atoms with Crippen molar-refractivity contribution >= 4 is 11.8 Å². The van der Waals surface area contributed by atoms with Crippen LogP contribution in [-0.2, 0) is 14.3 Å². The van der Waals surface area contributed by atoms with E-state index in [0.29, 0.717) is 19.2 Å². The average molecular weight is 229 g/mol. The maximum absolute atomic E-state index is 11.4. The van der Waals surface area contributed by atoms with Gasteiger partial charge in [-0.2, -0.15) is 0 Å². The van der Waals surface area contributed by atoms with Gasteiger partial charge in [0.25, 0.3) is 0 Å². The fraction of sp³-hybridized carbons (Fsp3) is 0.800. The van der Waals surface area contributed by atoms with Crippen LogP contribution in [0.3, 0.4) is 0 Å². The Kier molecular flexibility index (Phi) is 5.21. The van der Waals surface area contributed by atoms with Crippen molar-refractivity contribution in [2.45, 2.75) is 18.9 Å². The number of carbonyl (C=O) groups excluding carboxylic acids is 2. The SMILES string of the molecule is CN(CC(=O)NC1CC1)C(=O)COCCN. The van der Waals surface area contributed by atoms with Crippen molar-refractivity contribution in [1.82, 2.24) is 10.2 Å². The Morgan fingerprint density at radius 1 is 1.50 bits per heavy atom. The van der Waals surface area contributed by atoms with Crippen molar-refractivity contribution in [3.05, 3.63) is 0 Å². The molecular formula is C10H19N3O3. The molecule has 1 aliphatic rings. The average Bonchev–Trinajstić information content (AvgIpc) is 3.01. The zero-order valence-corrected chi connectivity index (χ0v) is 9.57. The van der Waals surface area contributed by atoms with Crippen LogP contribution in [0.2, 0.25) is 0 Å². The Labute approximate surface area is 95.1 Å². The van der Waals surface area contributed by atoms with Crippen LogP contribution in [0, 0.1) is 0 Å². The summed E-state index contributed by atoms with van der Waals surface area (Å²) in [6.45, 7) is 0.804. The largest absolute Gasteiger partial charge is 0.370 e. The van der Waals surface area contributed by atoms with Gasteiger partial charge in [0, 0.05) is 19.6 Å². The summed E-state index contributed by atoms with van der Waals surface area (Å²) in [7, 11) is 1.58. The van der Waals surface area contributed by atoms with Crippen LogP contribution in [0.4, 0.5) is 0 Å². The minimum Gasteiger partial charge on any atom is -0.370 e. The van der Waals surface area contributed by atoms with E-state index in [1.807, 2.05) is 0 Å². The van der Waals surface area contributed by atoms with Gasteiger partial charge >= 0.3 is 0 Å². The second-order valence-corrected chi connectivity index (χ2v) is 3.93. The first kappa shape index (κ1) is 12.9. The Balaban J connectivity index is 2.13. The van der Waals surface area contributed by atoms with Gasteiger partial charge in [-0.3, -0.25) is 9.59 Å². The first-order chi connectivity index (χ1) is 7.63. The van der Waals surface area contributed by atoms with Crippen LogP contribution >= 0.6 is 0 Å². The molecule has 3 N–H and O–H groups in total. The zero-order valence-electron chi connectivity index (χ0n) is 9.57. The number of amides is 2. The summed E-state index contributed by atoms with van der Waals surface area (Å²) in [5.41, 5.74) is 5.22. The summed E-state index contributed by atoms with van der Waals surface area (Å²) in [5, 5.41) is 2.81. The minimum absolute atomic E-state index is 0.0234. The van der Waals surface area contributed by atoms with Gasteiger partial charge in [-0.05, 0) is 12.8 Å². The lowest BCUT2D eigenvalue weighted by atomic mass is 10.4. The molecule has 0 unspecified atom stereocenters. The van der Waals surface area contributed by atoms with Crippen molar-refractivity contribution in [2.75, 3.05) is 33.4 Å². The predicted octanol–water partition coefficient (Wildman–Crippen LogP) is -1.30. The van der Waals surface area contributed by atoms with Gasteiger partial charge in [0.1, 0.15) is 6.61 Å². The highest BCUT2D eigenvalue weighted by Gasteiger charge is 2.24. The summed E-state index contributed by atoms with van der Waals surface area (Å²) in [6.07, 6.45) is 2.09. The highest BCUT2D eigenvalue weighted by Crippen LogP contribution is 2.18. The third kappa shape index (κ3) is 5.09. The number of nitrogens with two attached hydrogens (primary N) is 1. The Morgan fingerprint density at radius 2 is 2.19 bits per heavy atom. The molecule has 6 heteroatoms. The molecule has 92 valence electrons. The fourth-order valence-corrected chi connectivity index (χ4v) is 1.16. The Hall–Kier alpha value is -1.14. The molecule has 0 radical (unpaired) electrons. The van der Waals surface area contributed by atoms with Crippen LogP contribution < -0.4 is 11.1 Å². The number of nitrogens with one attached hydrogen (secondary N) is 1. The van der Waals surface area contributed by atoms with Crippen molar-refractivity contribution in [2.24, 2.45) is 5.73 Å². The van der Waals surface area contributed by atoms with Gasteiger partial charge < -0.3 is 20.7 Å². The van der Waals surface area contributed by atoms with E-state index in [0.717, 1.165) is 12.8 Å². The van der Waals surface area contributed by atoms with Gasteiger partial charge in [0.2, 0.25) is 11.8 Å². The molecule has 16 heavy (non-hydrogen) atoms. The predicted molar refractivity (Wildman–Crippen MR) is 58.7 cm³/mol. The smallest absolute Gasteiger partial charge is 0.248 e. The maximum Gasteiger partial charge on any atom is 0.248 e. The first-order valence-corrected chi connectivity index (χ1v) is 5.44. The summed E-state index contributed by atoms with van der Waals surface area (Å²) < 4.78 is 4.99. The van der Waals surface area contributed by atoms with Crippen molar-refractivity contribution in [3.8, 4) is 0 Å². The minimum atomic E-state index is -0.209. The molecule has 0 aliphatic heterocycles. The van der Waals surface area contributed by atoms with Gasteiger partial charge in [0.15, 0.2) is 0 Å². The van der Waals surface area contributed by atoms with Crippen molar-refractivity contribution in [3.63, 3.8) is 0 Å². The van der Waals surface area contributed by atoms with E-state index in [1.54, 1.807) is 7.05 Å². The number of hydrogen-bond donors (Lipinski definition) is 2. The van der Waals surface area contributed by atoms with E-state index < -0.39 is 0 Å². The van der Waals surface area contributed by atoms with E-state index in [1.165, 1.54) is 4.90 Å². The van der Waals surface area contributed by atoms with Crippen LogP contribution in [0.25, 0.3) is 0 Å². The second-order valence-electron chi connectivity index (χ2n) is 3.93. The molecule has 0 aromatic heterocycles. The normalized spacial score (nSPS) is 14.6. The second kappa shape index (κ2) is 6.44. The van der Waals surface area contributed by atoms with E-state index in [9.17, 15) is 9.59 Å². The highest BCUT2D eigenvalue weighted by molar-refractivity contribution is 5.85. The molecule has 0 aromatic carbocycles. The number of carbonyl (C=O) groups is 2. The monoisotopic (exact) mass is 229 g/mol. The lowest BCUT2D eigenvalue weighted by Gasteiger charge is -2.16. The number of hydrogen-bond acceptors (Lipinski definition) is 4. The van der Waals surface area contributed by atoms with Gasteiger partial charge in [-0.15, -0.1) is 0 Å². The zero-order chi connectivity index (χ0) is 12.0. The van der Waals surface area contributed by atoms with E-state index in [2.05, 4.69) is 5.32 Å². The van der Waals surface area contributed by atoms with E-state index in [-0.39, 0.29) is 25.0 Å². The third-order valence-corrected chi connectivity index (χ3v) is 2.24. The van der Waals surface area contributed by atoms with Crippen LogP contribution in [-0.4, -0.2) is 56.1 Å². The summed E-state index contributed by atoms with van der Waals surface area (Å²) in [5.74, 6) is -0.323. The Morgan fingerprint density at radius 3 is 2.75 bits per heavy atom. The van der Waals surface area contributed by atoms with Crippen LogP contribution in [0.1, 0.15) is 12.8 Å². The first-order valence-electron chi connectivity index (χ1n) is 5.44. The van der Waals surface area contributed by atoms with Crippen LogP contribution in [0.5, 0.6) is 0 Å². The summed E-state index contributed by atoms with van der Waals surface area (Å²) in [4.78, 5) is 24.2. The quantitative estimate of drug-likeness (QED) is 0.531. The van der Waals surface area contributed by atoms with Crippen molar-refractivity contribution < 1.29 is 14.3 Å².